The minimum Gasteiger partial charge on any atom is -0.378 e. The maximum Gasteiger partial charge on any atom is 0.0576 e. The molecule has 2 aromatic rings. The molecule has 0 radical (unpaired) electrons. The molecule has 1 nitrogen and oxygen atoms in total. The first-order valence-electron chi connectivity index (χ1n) is 9.89. The lowest BCUT2D eigenvalue weighted by atomic mass is 10.1. The van der Waals surface area contributed by atoms with E-state index >= 15 is 0 Å². The molecule has 0 saturated carbocycles. The summed E-state index contributed by atoms with van der Waals surface area (Å²) in [6.07, 6.45) is 8.27. The fourth-order valence-electron chi connectivity index (χ4n) is 3.72. The van der Waals surface area contributed by atoms with Crippen LogP contribution in [0, 0.1) is 0 Å². The van der Waals surface area contributed by atoms with Crippen LogP contribution in [0.1, 0.15) is 49.7 Å². The van der Waals surface area contributed by atoms with Crippen molar-refractivity contribution in [1.82, 2.24) is 0 Å². The van der Waals surface area contributed by atoms with Crippen molar-refractivity contribution in [3.8, 4) is 0 Å². The van der Waals surface area contributed by atoms with Crippen molar-refractivity contribution in [1.29, 1.82) is 0 Å². The maximum absolute atomic E-state index is 5.75. The van der Waals surface area contributed by atoms with Crippen molar-refractivity contribution in [2.45, 2.75) is 56.1 Å². The molecule has 0 amide bonds. The Bertz CT molecular complexity index is 584. The van der Waals surface area contributed by atoms with Crippen LogP contribution in [0.4, 0.5) is 0 Å². The van der Waals surface area contributed by atoms with Crippen LogP contribution < -0.4 is 0 Å². The molecule has 2 aromatic carbocycles. The van der Waals surface area contributed by atoms with Gasteiger partial charge in [-0.15, -0.1) is 0 Å². The maximum atomic E-state index is 5.75. The van der Waals surface area contributed by atoms with Crippen LogP contribution in [0.5, 0.6) is 0 Å². The van der Waals surface area contributed by atoms with E-state index in [1.165, 1.54) is 55.4 Å². The van der Waals surface area contributed by atoms with Gasteiger partial charge in [0.2, 0.25) is 0 Å². The first-order valence-corrected chi connectivity index (χ1v) is 13.9. The zero-order valence-corrected chi connectivity index (χ0v) is 18.0. The number of unbranched alkanes of at least 4 members (excludes halogenated alkanes) is 2. The average molecular weight is 435 g/mol. The summed E-state index contributed by atoms with van der Waals surface area (Å²) >= 11 is 4.24. The van der Waals surface area contributed by atoms with Crippen molar-refractivity contribution >= 4 is 23.3 Å². The van der Waals surface area contributed by atoms with Crippen LogP contribution in [-0.4, -0.2) is 18.5 Å². The predicted octanol–water partition coefficient (Wildman–Crippen LogP) is 7.24. The summed E-state index contributed by atoms with van der Waals surface area (Å²) in [6.45, 7) is 0.980. The fourth-order valence-corrected chi connectivity index (χ4v) is 8.69. The Hall–Kier alpha value is -0.770. The predicted molar refractivity (Wildman–Crippen MR) is 119 cm³/mol. The van der Waals surface area contributed by atoms with Crippen molar-refractivity contribution in [3.05, 3.63) is 71.8 Å². The molecule has 0 spiro atoms. The summed E-state index contributed by atoms with van der Waals surface area (Å²) in [5.74, 6) is 3.62. The molecule has 0 aliphatic carbocycles. The van der Waals surface area contributed by atoms with E-state index in [-0.39, 0.29) is 0 Å². The van der Waals surface area contributed by atoms with E-state index in [0.29, 0.717) is 6.10 Å². The van der Waals surface area contributed by atoms with Gasteiger partial charge in [-0.1, -0.05) is 73.5 Å². The number of hydrogen-bond acceptors (Lipinski definition) is 1. The number of ether oxygens (including phenoxy) is 1. The minimum absolute atomic E-state index is 0.546. The summed E-state index contributed by atoms with van der Waals surface area (Å²) in [6, 6.07) is 21.9. The quantitative estimate of drug-likeness (QED) is 0.358. The summed E-state index contributed by atoms with van der Waals surface area (Å²) in [7, 11) is -0.863. The Labute approximate surface area is 168 Å². The normalized spacial score (nSPS) is 18.1. The molecule has 0 N–H and O–H groups in total. The molecule has 1 aliphatic heterocycles. The van der Waals surface area contributed by atoms with Crippen LogP contribution in [0.2, 0.25) is 0 Å². The van der Waals surface area contributed by atoms with Gasteiger partial charge in [0.15, 0.2) is 0 Å². The largest absolute Gasteiger partial charge is 0.378 e. The highest BCUT2D eigenvalue weighted by Crippen LogP contribution is 2.61. The van der Waals surface area contributed by atoms with Crippen molar-refractivity contribution < 1.29 is 4.74 Å². The molecule has 1 fully saturated rings. The number of hydrogen-bond donors (Lipinski definition) is 0. The van der Waals surface area contributed by atoms with Crippen LogP contribution in [-0.2, 0) is 16.2 Å². The second-order valence-electron chi connectivity index (χ2n) is 7.39. The Morgan fingerprint density at radius 3 is 2.00 bits per heavy atom. The minimum atomic E-state index is -0.863. The Kier molecular flexibility index (Phi) is 8.09. The molecule has 3 heteroatoms. The molecule has 0 aromatic heterocycles. The number of rotatable bonds is 10. The average Bonchev–Trinajstić information content (AvgIpc) is 3.16. The van der Waals surface area contributed by atoms with Gasteiger partial charge in [0.25, 0.3) is 0 Å². The monoisotopic (exact) mass is 434 g/mol. The second kappa shape index (κ2) is 10.5. The summed E-state index contributed by atoms with van der Waals surface area (Å²) < 4.78 is 5.75. The molecule has 1 atom stereocenters. The van der Waals surface area contributed by atoms with E-state index in [0.717, 1.165) is 18.1 Å². The van der Waals surface area contributed by atoms with Gasteiger partial charge in [-0.3, -0.25) is 0 Å². The van der Waals surface area contributed by atoms with Gasteiger partial charge >= 0.3 is 0 Å². The van der Waals surface area contributed by atoms with E-state index < -0.39 is 8.46 Å². The molecular weight excluding hydrogens is 404 g/mol. The van der Waals surface area contributed by atoms with Crippen LogP contribution in [0.25, 0.3) is 0 Å². The van der Waals surface area contributed by atoms with Gasteiger partial charge in [-0.05, 0) is 57.4 Å². The third kappa shape index (κ3) is 6.75. The van der Waals surface area contributed by atoms with E-state index in [1.807, 2.05) is 0 Å². The lowest BCUT2D eigenvalue weighted by Gasteiger charge is -2.34. The van der Waals surface area contributed by atoms with E-state index in [2.05, 4.69) is 75.5 Å². The van der Waals surface area contributed by atoms with Gasteiger partial charge in [0.05, 0.1) is 6.10 Å². The highest BCUT2D eigenvalue weighted by Gasteiger charge is 2.22. The van der Waals surface area contributed by atoms with Crippen molar-refractivity contribution in [2.24, 2.45) is 0 Å². The Morgan fingerprint density at radius 2 is 1.46 bits per heavy atom. The van der Waals surface area contributed by atoms with Crippen LogP contribution in [0.15, 0.2) is 60.7 Å². The van der Waals surface area contributed by atoms with Crippen LogP contribution >= 0.6 is 23.3 Å². The molecule has 1 aliphatic rings. The van der Waals surface area contributed by atoms with Crippen molar-refractivity contribution in [2.75, 3.05) is 12.4 Å². The number of benzene rings is 2. The van der Waals surface area contributed by atoms with Gasteiger partial charge in [0.1, 0.15) is 0 Å². The Morgan fingerprint density at radius 1 is 0.846 bits per heavy atom. The van der Waals surface area contributed by atoms with Gasteiger partial charge < -0.3 is 4.74 Å². The van der Waals surface area contributed by atoms with E-state index in [9.17, 15) is 0 Å². The fraction of sp³-hybridized carbons (Fsp3) is 0.478. The third-order valence-electron chi connectivity index (χ3n) is 5.10. The molecule has 3 rings (SSSR count). The number of halogens is 1. The molecule has 1 heterocycles. The Balaban J connectivity index is 1.53. The van der Waals surface area contributed by atoms with E-state index in [1.54, 1.807) is 0 Å². The molecule has 1 unspecified atom stereocenters. The summed E-state index contributed by atoms with van der Waals surface area (Å²) in [4.78, 5) is 0. The van der Waals surface area contributed by atoms with Crippen LogP contribution in [0.3, 0.4) is 0 Å². The lowest BCUT2D eigenvalue weighted by molar-refractivity contribution is 0.102. The van der Waals surface area contributed by atoms with Crippen molar-refractivity contribution in [3.63, 3.8) is 0 Å². The van der Waals surface area contributed by atoms with Gasteiger partial charge in [-0.2, -0.15) is 8.46 Å². The summed E-state index contributed by atoms with van der Waals surface area (Å²) in [5.41, 5.74) is 2.91. The first-order chi connectivity index (χ1) is 12.7. The highest BCUT2D eigenvalue weighted by atomic mass is 79.9. The molecular formula is C23H31BrOS. The zero-order chi connectivity index (χ0) is 18.1. The second-order valence-corrected chi connectivity index (χ2v) is 14.4. The third-order valence-corrected chi connectivity index (χ3v) is 10.2. The lowest BCUT2D eigenvalue weighted by Crippen LogP contribution is -2.07. The highest BCUT2D eigenvalue weighted by molar-refractivity contribution is 9.58. The molecule has 26 heavy (non-hydrogen) atoms. The zero-order valence-electron chi connectivity index (χ0n) is 15.6. The smallest absolute Gasteiger partial charge is 0.0576 e. The topological polar surface area (TPSA) is 9.23 Å². The molecule has 1 saturated heterocycles. The molecule has 142 valence electrons. The van der Waals surface area contributed by atoms with Gasteiger partial charge in [0, 0.05) is 18.1 Å². The summed E-state index contributed by atoms with van der Waals surface area (Å²) in [5, 5.41) is 0. The van der Waals surface area contributed by atoms with E-state index in [4.69, 9.17) is 4.74 Å². The SMILES string of the molecule is BrS(CCCCCC1CCCO1)(Cc1ccccc1)Cc1ccccc1. The standard InChI is InChI=1S/C23H31BrOS/c24-26(19-21-11-4-1-5-12-21,20-22-13-6-2-7-14-22)18-9-3-8-15-23-16-10-17-25-23/h1-2,4-7,11-14,23H,3,8-10,15-20H2. The molecule has 0 bridgehead atoms. The first kappa shape index (κ1) is 20.0. The van der Waals surface area contributed by atoms with Gasteiger partial charge in [-0.25, -0.2) is 0 Å².